The van der Waals surface area contributed by atoms with Crippen molar-refractivity contribution >= 4 is 27.2 Å². The number of nitrogens with one attached hydrogen (secondary N) is 2. The number of anilines is 2. The predicted molar refractivity (Wildman–Crippen MR) is 80.8 cm³/mol. The van der Waals surface area contributed by atoms with Crippen LogP contribution in [-0.2, 0) is 10.0 Å². The van der Waals surface area contributed by atoms with Crippen LogP contribution in [0.2, 0.25) is 0 Å². The number of benzene rings is 1. The van der Waals surface area contributed by atoms with Crippen LogP contribution in [0.1, 0.15) is 5.76 Å². The Kier molecular flexibility index (Phi) is 4.59. The smallest absolute Gasteiger partial charge is 0.263 e. The summed E-state index contributed by atoms with van der Waals surface area (Å²) in [5, 5.41) is 24.2. The first-order chi connectivity index (χ1) is 10.9. The predicted octanol–water partition coefficient (Wildman–Crippen LogP) is 1.60. The lowest BCUT2D eigenvalue weighted by molar-refractivity contribution is 0.400. The van der Waals surface area contributed by atoms with Gasteiger partial charge in [-0.15, -0.1) is 0 Å². The molecule has 1 aromatic carbocycles. The van der Waals surface area contributed by atoms with Gasteiger partial charge in [-0.05, 0) is 31.2 Å². The van der Waals surface area contributed by atoms with Crippen LogP contribution >= 0.6 is 0 Å². The third-order valence-corrected chi connectivity index (χ3v) is 3.91. The zero-order valence-electron chi connectivity index (χ0n) is 11.8. The van der Waals surface area contributed by atoms with Crippen LogP contribution < -0.4 is 10.1 Å². The zero-order valence-corrected chi connectivity index (χ0v) is 12.6. The van der Waals surface area contributed by atoms with E-state index in [9.17, 15) is 8.42 Å². The van der Waals surface area contributed by atoms with E-state index >= 15 is 0 Å². The van der Waals surface area contributed by atoms with Gasteiger partial charge >= 0.3 is 0 Å². The molecule has 0 saturated heterocycles. The summed E-state index contributed by atoms with van der Waals surface area (Å²) in [6.45, 7) is 1.64. The third kappa shape index (κ3) is 4.06. The van der Waals surface area contributed by atoms with Crippen LogP contribution in [0.3, 0.4) is 0 Å². The third-order valence-electron chi connectivity index (χ3n) is 2.54. The van der Waals surface area contributed by atoms with Crippen molar-refractivity contribution in [2.75, 3.05) is 10.1 Å². The zero-order chi connectivity index (χ0) is 16.9. The Bertz CT molecular complexity index is 900. The second kappa shape index (κ2) is 6.60. The van der Waals surface area contributed by atoms with Crippen LogP contribution in [-0.4, -0.2) is 19.3 Å². The Morgan fingerprint density at radius 3 is 2.43 bits per heavy atom. The molecule has 0 fully saturated rings. The molecule has 0 aliphatic carbocycles. The topological polar surface area (TPSA) is 144 Å². The van der Waals surface area contributed by atoms with Gasteiger partial charge in [-0.3, -0.25) is 10.1 Å². The summed E-state index contributed by atoms with van der Waals surface area (Å²) in [6, 6.07) is 10.2. The normalized spacial score (nSPS) is 10.2. The Morgan fingerprint density at radius 2 is 1.91 bits per heavy atom. The Labute approximate surface area is 131 Å². The van der Waals surface area contributed by atoms with Gasteiger partial charge in [0.1, 0.15) is 17.9 Å². The Balaban J connectivity index is 2.14. The van der Waals surface area contributed by atoms with Gasteiger partial charge in [-0.25, -0.2) is 8.42 Å². The first-order valence-electron chi connectivity index (χ1n) is 6.15. The molecule has 2 rings (SSSR count). The quantitative estimate of drug-likeness (QED) is 0.625. The van der Waals surface area contributed by atoms with Crippen LogP contribution in [0.15, 0.2) is 44.9 Å². The average Bonchev–Trinajstić information content (AvgIpc) is 2.93. The molecule has 1 heterocycles. The van der Waals surface area contributed by atoms with Crippen molar-refractivity contribution in [3.8, 4) is 12.1 Å². The lowest BCUT2D eigenvalue weighted by atomic mass is 10.3. The maximum Gasteiger partial charge on any atom is 0.263 e. The van der Waals surface area contributed by atoms with E-state index in [-0.39, 0.29) is 16.4 Å². The molecule has 0 bridgehead atoms. The molecule has 9 nitrogen and oxygen atoms in total. The molecule has 0 atom stereocenters. The van der Waals surface area contributed by atoms with Gasteiger partial charge in [0, 0.05) is 6.07 Å². The van der Waals surface area contributed by atoms with E-state index in [0.717, 1.165) is 0 Å². The summed E-state index contributed by atoms with van der Waals surface area (Å²) in [4.78, 5) is 0.00784. The number of aryl methyl sites for hydroxylation is 1. The number of rotatable bonds is 5. The summed E-state index contributed by atoms with van der Waals surface area (Å²) in [5.74, 6) is 0.563. The van der Waals surface area contributed by atoms with E-state index in [0.29, 0.717) is 11.4 Å². The second-order valence-corrected chi connectivity index (χ2v) is 5.93. The number of hydrogen-bond acceptors (Lipinski definition) is 8. The second-order valence-electron chi connectivity index (χ2n) is 4.25. The van der Waals surface area contributed by atoms with Crippen molar-refractivity contribution in [3.05, 3.63) is 36.1 Å². The van der Waals surface area contributed by atoms with Crippen LogP contribution in [0.4, 0.5) is 11.5 Å². The largest absolute Gasteiger partial charge is 0.360 e. The number of hydrazone groups is 1. The first-order valence-corrected chi connectivity index (χ1v) is 7.63. The monoisotopic (exact) mass is 330 g/mol. The molecule has 0 spiro atoms. The highest BCUT2D eigenvalue weighted by molar-refractivity contribution is 7.92. The van der Waals surface area contributed by atoms with Crippen LogP contribution in [0.25, 0.3) is 0 Å². The Morgan fingerprint density at radius 1 is 1.26 bits per heavy atom. The number of hydrogen-bond donors (Lipinski definition) is 2. The molecule has 2 N–H and O–H groups in total. The first kappa shape index (κ1) is 16.0. The van der Waals surface area contributed by atoms with Crippen molar-refractivity contribution in [2.24, 2.45) is 5.10 Å². The minimum Gasteiger partial charge on any atom is -0.360 e. The molecular formula is C13H10N6O3S. The van der Waals surface area contributed by atoms with Gasteiger partial charge in [0.25, 0.3) is 10.0 Å². The van der Waals surface area contributed by atoms with Crippen molar-refractivity contribution in [1.29, 1.82) is 10.5 Å². The SMILES string of the molecule is Cc1cc(NS(=O)(=O)c2ccc(NN=C(C#N)C#N)cc2)no1. The lowest BCUT2D eigenvalue weighted by Gasteiger charge is -2.06. The molecule has 0 radical (unpaired) electrons. The molecule has 0 aliphatic rings. The lowest BCUT2D eigenvalue weighted by Crippen LogP contribution is -2.13. The van der Waals surface area contributed by atoms with Gasteiger partial charge in [0.2, 0.25) is 5.71 Å². The fourth-order valence-electron chi connectivity index (χ4n) is 1.52. The highest BCUT2D eigenvalue weighted by Crippen LogP contribution is 2.18. The maximum absolute atomic E-state index is 12.2. The summed E-state index contributed by atoms with van der Waals surface area (Å²) < 4.78 is 31.4. The van der Waals surface area contributed by atoms with Crippen molar-refractivity contribution < 1.29 is 12.9 Å². The van der Waals surface area contributed by atoms with Crippen molar-refractivity contribution in [1.82, 2.24) is 5.16 Å². The molecule has 0 aliphatic heterocycles. The van der Waals surface area contributed by atoms with Gasteiger partial charge < -0.3 is 4.52 Å². The molecule has 1 aromatic heterocycles. The van der Waals surface area contributed by atoms with E-state index in [4.69, 9.17) is 15.0 Å². The minimum atomic E-state index is -3.80. The van der Waals surface area contributed by atoms with Crippen molar-refractivity contribution in [2.45, 2.75) is 11.8 Å². The number of sulfonamides is 1. The fourth-order valence-corrected chi connectivity index (χ4v) is 2.50. The van der Waals surface area contributed by atoms with E-state index < -0.39 is 10.0 Å². The molecule has 10 heteroatoms. The molecule has 0 saturated carbocycles. The van der Waals surface area contributed by atoms with E-state index in [2.05, 4.69) is 20.4 Å². The number of aromatic nitrogens is 1. The van der Waals surface area contributed by atoms with Gasteiger partial charge in [0.05, 0.1) is 10.6 Å². The average molecular weight is 330 g/mol. The molecule has 23 heavy (non-hydrogen) atoms. The van der Waals surface area contributed by atoms with Crippen molar-refractivity contribution in [3.63, 3.8) is 0 Å². The molecular weight excluding hydrogens is 320 g/mol. The highest BCUT2D eigenvalue weighted by Gasteiger charge is 2.16. The fraction of sp³-hybridized carbons (Fsp3) is 0.0769. The van der Waals surface area contributed by atoms with Crippen LogP contribution in [0.5, 0.6) is 0 Å². The number of nitriles is 2. The summed E-state index contributed by atoms with van der Waals surface area (Å²) in [5.41, 5.74) is 2.56. The van der Waals surface area contributed by atoms with Crippen LogP contribution in [0, 0.1) is 29.6 Å². The standard InChI is InChI=1S/C13H10N6O3S/c1-9-6-13(18-22-9)19-23(20,21)12-4-2-10(3-5-12)16-17-11(7-14)8-15/h2-6,16H,1H3,(H,18,19). The summed E-state index contributed by atoms with van der Waals surface area (Å²) in [6.07, 6.45) is 0. The summed E-state index contributed by atoms with van der Waals surface area (Å²) >= 11 is 0. The van der Waals surface area contributed by atoms with E-state index in [1.54, 1.807) is 19.1 Å². The van der Waals surface area contributed by atoms with E-state index in [1.165, 1.54) is 30.3 Å². The molecule has 116 valence electrons. The summed E-state index contributed by atoms with van der Waals surface area (Å²) in [7, 11) is -3.80. The van der Waals surface area contributed by atoms with Gasteiger partial charge in [0.15, 0.2) is 5.82 Å². The van der Waals surface area contributed by atoms with E-state index in [1.807, 2.05) is 0 Å². The van der Waals surface area contributed by atoms with Gasteiger partial charge in [-0.2, -0.15) is 15.6 Å². The number of nitrogens with zero attached hydrogens (tertiary/aromatic N) is 4. The minimum absolute atomic E-state index is 0.00784. The highest BCUT2D eigenvalue weighted by atomic mass is 32.2. The van der Waals surface area contributed by atoms with Gasteiger partial charge in [-0.1, -0.05) is 5.16 Å². The molecule has 0 amide bonds. The molecule has 2 aromatic rings. The Hall–Kier alpha value is -3.37. The maximum atomic E-state index is 12.2. The molecule has 0 unspecified atom stereocenters.